The number of hydrogen-bond acceptors (Lipinski definition) is 5. The van der Waals surface area contributed by atoms with Gasteiger partial charge in [-0.25, -0.2) is 0 Å². The van der Waals surface area contributed by atoms with Gasteiger partial charge in [-0.1, -0.05) is 0 Å². The van der Waals surface area contributed by atoms with Crippen LogP contribution >= 0.6 is 0 Å². The summed E-state index contributed by atoms with van der Waals surface area (Å²) in [5.41, 5.74) is 0.535. The Kier molecular flexibility index (Phi) is 2.84. The molecule has 0 spiro atoms. The summed E-state index contributed by atoms with van der Waals surface area (Å²) in [5, 5.41) is 10.7. The van der Waals surface area contributed by atoms with Crippen molar-refractivity contribution in [2.24, 2.45) is 0 Å². The number of rotatable bonds is 2. The monoisotopic (exact) mass is 238 g/mol. The summed E-state index contributed by atoms with van der Waals surface area (Å²) >= 11 is 0. The number of nitrogens with zero attached hydrogens (tertiary/aromatic N) is 2. The molecular weight excluding hydrogens is 224 g/mol. The second-order valence-electron chi connectivity index (χ2n) is 4.46. The largest absolute Gasteiger partial charge is 0.344 e. The summed E-state index contributed by atoms with van der Waals surface area (Å²) in [7, 11) is 0. The molecule has 1 aromatic rings. The molecule has 0 aromatic carbocycles. The molecule has 2 rings (SSSR count). The van der Waals surface area contributed by atoms with Crippen LogP contribution in [-0.2, 0) is 9.47 Å². The minimum Gasteiger partial charge on any atom is -0.344 e. The highest BCUT2D eigenvalue weighted by Crippen LogP contribution is 2.37. The average molecular weight is 238 g/mol. The van der Waals surface area contributed by atoms with Crippen molar-refractivity contribution in [3.8, 4) is 0 Å². The Labute approximate surface area is 98.7 Å². The molecule has 1 aliphatic rings. The van der Waals surface area contributed by atoms with Crippen LogP contribution in [0.1, 0.15) is 32.6 Å². The molecule has 0 aliphatic carbocycles. The third kappa shape index (κ3) is 2.42. The van der Waals surface area contributed by atoms with Crippen LogP contribution < -0.4 is 0 Å². The van der Waals surface area contributed by atoms with Crippen LogP contribution in [0.15, 0.2) is 18.3 Å². The standard InChI is InChI=1S/C11H14N2O4/c1-7-10(17-11(2,3)16-7)9-6-8(13(14)15)4-5-12-9/h4-7,10H,1-3H3/t7-,10+/m1/s1. The lowest BCUT2D eigenvalue weighted by Crippen LogP contribution is -2.20. The molecule has 0 amide bonds. The fourth-order valence-electron chi connectivity index (χ4n) is 1.95. The average Bonchev–Trinajstić information content (AvgIpc) is 2.52. The Morgan fingerprint density at radius 1 is 1.47 bits per heavy atom. The highest BCUT2D eigenvalue weighted by molar-refractivity contribution is 5.31. The molecule has 0 radical (unpaired) electrons. The van der Waals surface area contributed by atoms with Crippen LogP contribution in [0.5, 0.6) is 0 Å². The molecule has 1 fully saturated rings. The number of ether oxygens (including phenoxy) is 2. The number of aromatic nitrogens is 1. The number of pyridine rings is 1. The minimum absolute atomic E-state index is 0.00973. The van der Waals surface area contributed by atoms with Gasteiger partial charge < -0.3 is 9.47 Å². The zero-order valence-corrected chi connectivity index (χ0v) is 9.91. The molecule has 1 aromatic heterocycles. The highest BCUT2D eigenvalue weighted by Gasteiger charge is 2.40. The zero-order valence-electron chi connectivity index (χ0n) is 9.91. The van der Waals surface area contributed by atoms with E-state index in [4.69, 9.17) is 9.47 Å². The van der Waals surface area contributed by atoms with Crippen molar-refractivity contribution in [1.82, 2.24) is 4.98 Å². The molecule has 6 heteroatoms. The molecule has 1 saturated heterocycles. The van der Waals surface area contributed by atoms with Gasteiger partial charge in [0.1, 0.15) is 6.10 Å². The van der Waals surface area contributed by atoms with E-state index in [2.05, 4.69) is 4.98 Å². The van der Waals surface area contributed by atoms with E-state index < -0.39 is 10.7 Å². The Bertz CT molecular complexity index is 447. The third-order valence-corrected chi connectivity index (χ3v) is 2.57. The Hall–Kier alpha value is -1.53. The minimum atomic E-state index is -0.684. The third-order valence-electron chi connectivity index (χ3n) is 2.57. The van der Waals surface area contributed by atoms with Crippen molar-refractivity contribution in [1.29, 1.82) is 0 Å². The molecule has 0 N–H and O–H groups in total. The van der Waals surface area contributed by atoms with Gasteiger partial charge in [-0.2, -0.15) is 0 Å². The first kappa shape index (κ1) is 11.9. The van der Waals surface area contributed by atoms with Gasteiger partial charge in [-0.3, -0.25) is 15.1 Å². The lowest BCUT2D eigenvalue weighted by molar-refractivity contribution is -0.385. The predicted octanol–water partition coefficient (Wildman–Crippen LogP) is 2.20. The molecule has 1 aliphatic heterocycles. The van der Waals surface area contributed by atoms with Crippen LogP contribution in [0.3, 0.4) is 0 Å². The first-order valence-electron chi connectivity index (χ1n) is 5.35. The first-order chi connectivity index (χ1) is 7.89. The van der Waals surface area contributed by atoms with Crippen LogP contribution in [0.25, 0.3) is 0 Å². The predicted molar refractivity (Wildman–Crippen MR) is 59.3 cm³/mol. The van der Waals surface area contributed by atoms with Crippen molar-refractivity contribution in [2.75, 3.05) is 0 Å². The van der Waals surface area contributed by atoms with Gasteiger partial charge in [0.2, 0.25) is 0 Å². The molecular formula is C11H14N2O4. The van der Waals surface area contributed by atoms with E-state index in [1.807, 2.05) is 6.92 Å². The van der Waals surface area contributed by atoms with Gasteiger partial charge >= 0.3 is 0 Å². The summed E-state index contributed by atoms with van der Waals surface area (Å²) in [4.78, 5) is 14.3. The van der Waals surface area contributed by atoms with Gasteiger partial charge in [0, 0.05) is 18.3 Å². The van der Waals surface area contributed by atoms with E-state index in [-0.39, 0.29) is 17.9 Å². The molecule has 6 nitrogen and oxygen atoms in total. The number of nitro groups is 1. The summed E-state index contributed by atoms with van der Waals surface area (Å²) in [5.74, 6) is -0.684. The second kappa shape index (κ2) is 4.05. The number of hydrogen-bond donors (Lipinski definition) is 0. The Morgan fingerprint density at radius 3 is 2.71 bits per heavy atom. The van der Waals surface area contributed by atoms with E-state index in [9.17, 15) is 10.1 Å². The fraction of sp³-hybridized carbons (Fsp3) is 0.545. The summed E-state index contributed by atoms with van der Waals surface area (Å²) < 4.78 is 11.3. The normalized spacial score (nSPS) is 27.0. The summed E-state index contributed by atoms with van der Waals surface area (Å²) in [6, 6.07) is 2.78. The van der Waals surface area contributed by atoms with Crippen LogP contribution in [-0.4, -0.2) is 21.8 Å². The lowest BCUT2D eigenvalue weighted by Gasteiger charge is -2.16. The Balaban J connectivity index is 2.29. The smallest absolute Gasteiger partial charge is 0.272 e. The van der Waals surface area contributed by atoms with Crippen LogP contribution in [0, 0.1) is 10.1 Å². The van der Waals surface area contributed by atoms with Gasteiger partial charge in [-0.15, -0.1) is 0 Å². The van der Waals surface area contributed by atoms with Gasteiger partial charge in [0.25, 0.3) is 5.69 Å². The fourth-order valence-corrected chi connectivity index (χ4v) is 1.95. The molecule has 17 heavy (non-hydrogen) atoms. The van der Waals surface area contributed by atoms with Crippen molar-refractivity contribution >= 4 is 5.69 Å². The molecule has 0 bridgehead atoms. The van der Waals surface area contributed by atoms with E-state index >= 15 is 0 Å². The van der Waals surface area contributed by atoms with E-state index in [0.717, 1.165) is 0 Å². The van der Waals surface area contributed by atoms with Gasteiger partial charge in [0.15, 0.2) is 5.79 Å². The second-order valence-corrected chi connectivity index (χ2v) is 4.46. The summed E-state index contributed by atoms with van der Waals surface area (Å²) in [6.45, 7) is 5.47. The maximum absolute atomic E-state index is 10.7. The molecule has 2 atom stereocenters. The van der Waals surface area contributed by atoms with E-state index in [1.165, 1.54) is 18.3 Å². The van der Waals surface area contributed by atoms with Crippen molar-refractivity contribution in [3.05, 3.63) is 34.1 Å². The van der Waals surface area contributed by atoms with Gasteiger partial charge in [0.05, 0.1) is 16.7 Å². The topological polar surface area (TPSA) is 74.5 Å². The maximum Gasteiger partial charge on any atom is 0.272 e. The van der Waals surface area contributed by atoms with Crippen LogP contribution in [0.4, 0.5) is 5.69 Å². The summed E-state index contributed by atoms with van der Waals surface area (Å²) in [6.07, 6.45) is 0.860. The van der Waals surface area contributed by atoms with E-state index in [0.29, 0.717) is 5.69 Å². The zero-order chi connectivity index (χ0) is 12.6. The first-order valence-corrected chi connectivity index (χ1v) is 5.35. The quantitative estimate of drug-likeness (QED) is 0.583. The van der Waals surface area contributed by atoms with Crippen molar-refractivity contribution in [2.45, 2.75) is 38.8 Å². The van der Waals surface area contributed by atoms with E-state index in [1.54, 1.807) is 13.8 Å². The van der Waals surface area contributed by atoms with Gasteiger partial charge in [-0.05, 0) is 20.8 Å². The Morgan fingerprint density at radius 2 is 2.18 bits per heavy atom. The maximum atomic E-state index is 10.7. The van der Waals surface area contributed by atoms with Crippen molar-refractivity contribution in [3.63, 3.8) is 0 Å². The SMILES string of the molecule is C[C@H]1OC(C)(C)O[C@@H]1c1cc([N+](=O)[O-])ccn1. The van der Waals surface area contributed by atoms with Crippen molar-refractivity contribution < 1.29 is 14.4 Å². The molecule has 0 unspecified atom stereocenters. The van der Waals surface area contributed by atoms with Crippen LogP contribution in [0.2, 0.25) is 0 Å². The lowest BCUT2D eigenvalue weighted by atomic mass is 10.1. The molecule has 0 saturated carbocycles. The molecule has 92 valence electrons. The highest BCUT2D eigenvalue weighted by atomic mass is 16.7. The molecule has 2 heterocycles.